The van der Waals surface area contributed by atoms with Crippen molar-refractivity contribution in [2.24, 2.45) is 0 Å². The van der Waals surface area contributed by atoms with Crippen molar-refractivity contribution in [3.8, 4) is 17.6 Å². The van der Waals surface area contributed by atoms with E-state index in [4.69, 9.17) is 9.47 Å². The van der Waals surface area contributed by atoms with Crippen LogP contribution >= 0.6 is 0 Å². The molecule has 0 spiro atoms. The molecule has 0 radical (unpaired) electrons. The molecule has 1 heterocycles. The molecule has 2 aromatic carbocycles. The summed E-state index contributed by atoms with van der Waals surface area (Å²) < 4.78 is 37.5. The summed E-state index contributed by atoms with van der Waals surface area (Å²) in [4.78, 5) is 14.4. The topological polar surface area (TPSA) is 99.9 Å². The second kappa shape index (κ2) is 8.51. The lowest BCUT2D eigenvalue weighted by atomic mass is 10.1. The molecule has 9 heteroatoms. The SMILES string of the molecule is COc1cc(OC)cc(C(=O)N2CCN(S(=O)(=O)c3ccccc3C#N)CC2)c1. The van der Waals surface area contributed by atoms with Crippen molar-refractivity contribution in [2.75, 3.05) is 40.4 Å². The zero-order valence-corrected chi connectivity index (χ0v) is 17.0. The van der Waals surface area contributed by atoms with E-state index in [9.17, 15) is 18.5 Å². The summed E-state index contributed by atoms with van der Waals surface area (Å²) in [7, 11) is -0.796. The van der Waals surface area contributed by atoms with Crippen molar-refractivity contribution in [1.82, 2.24) is 9.21 Å². The summed E-state index contributed by atoms with van der Waals surface area (Å²) in [6.07, 6.45) is 0. The van der Waals surface area contributed by atoms with E-state index in [1.807, 2.05) is 6.07 Å². The minimum absolute atomic E-state index is 0.0141. The van der Waals surface area contributed by atoms with Crippen LogP contribution in [0.25, 0.3) is 0 Å². The zero-order chi connectivity index (χ0) is 21.0. The summed E-state index contributed by atoms with van der Waals surface area (Å²) in [5.41, 5.74) is 0.516. The molecular formula is C20H21N3O5S. The van der Waals surface area contributed by atoms with Crippen molar-refractivity contribution in [1.29, 1.82) is 5.26 Å². The zero-order valence-electron chi connectivity index (χ0n) is 16.2. The highest BCUT2D eigenvalue weighted by molar-refractivity contribution is 7.89. The Morgan fingerprint density at radius 2 is 1.59 bits per heavy atom. The number of ether oxygens (including phenoxy) is 2. The number of piperazine rings is 1. The van der Waals surface area contributed by atoms with Gasteiger partial charge in [-0.3, -0.25) is 4.79 Å². The van der Waals surface area contributed by atoms with Gasteiger partial charge in [-0.1, -0.05) is 12.1 Å². The first-order valence-corrected chi connectivity index (χ1v) is 10.4. The van der Waals surface area contributed by atoms with Gasteiger partial charge in [0.2, 0.25) is 10.0 Å². The predicted molar refractivity (Wildman–Crippen MR) is 105 cm³/mol. The van der Waals surface area contributed by atoms with Crippen molar-refractivity contribution in [2.45, 2.75) is 4.90 Å². The van der Waals surface area contributed by atoms with Crippen LogP contribution in [0.4, 0.5) is 0 Å². The summed E-state index contributed by atoms with van der Waals surface area (Å²) in [5, 5.41) is 9.20. The Morgan fingerprint density at radius 1 is 1.00 bits per heavy atom. The molecule has 1 amide bonds. The maximum absolute atomic E-state index is 12.9. The van der Waals surface area contributed by atoms with Gasteiger partial charge in [-0.2, -0.15) is 9.57 Å². The fourth-order valence-electron chi connectivity index (χ4n) is 3.17. The van der Waals surface area contributed by atoms with Crippen LogP contribution in [0.1, 0.15) is 15.9 Å². The molecule has 2 aromatic rings. The third-order valence-electron chi connectivity index (χ3n) is 4.75. The Bertz CT molecular complexity index is 1030. The van der Waals surface area contributed by atoms with Crippen LogP contribution in [0.15, 0.2) is 47.4 Å². The van der Waals surface area contributed by atoms with Crippen molar-refractivity contribution in [3.63, 3.8) is 0 Å². The molecule has 29 heavy (non-hydrogen) atoms. The van der Waals surface area contributed by atoms with Crippen LogP contribution in [-0.2, 0) is 10.0 Å². The molecule has 0 saturated carbocycles. The largest absolute Gasteiger partial charge is 0.497 e. The Kier molecular flexibility index (Phi) is 6.06. The van der Waals surface area contributed by atoms with Crippen LogP contribution in [0.5, 0.6) is 11.5 Å². The number of benzene rings is 2. The van der Waals surface area contributed by atoms with Crippen molar-refractivity contribution in [3.05, 3.63) is 53.6 Å². The third kappa shape index (κ3) is 4.18. The molecule has 8 nitrogen and oxygen atoms in total. The van der Waals surface area contributed by atoms with Crippen LogP contribution < -0.4 is 9.47 Å². The summed E-state index contributed by atoms with van der Waals surface area (Å²) >= 11 is 0. The monoisotopic (exact) mass is 415 g/mol. The van der Waals surface area contributed by atoms with Gasteiger partial charge in [-0.05, 0) is 24.3 Å². The highest BCUT2D eigenvalue weighted by Crippen LogP contribution is 2.25. The van der Waals surface area contributed by atoms with Crippen molar-refractivity contribution < 1.29 is 22.7 Å². The first-order chi connectivity index (χ1) is 13.9. The molecule has 1 aliphatic heterocycles. The Morgan fingerprint density at radius 3 is 2.14 bits per heavy atom. The molecule has 0 unspecified atom stereocenters. The van der Waals surface area contributed by atoms with Gasteiger partial charge in [0.1, 0.15) is 17.6 Å². The van der Waals surface area contributed by atoms with Gasteiger partial charge in [-0.25, -0.2) is 8.42 Å². The molecule has 1 fully saturated rings. The van der Waals surface area contributed by atoms with Gasteiger partial charge < -0.3 is 14.4 Å². The highest BCUT2D eigenvalue weighted by Gasteiger charge is 2.32. The standard InChI is InChI=1S/C20H21N3O5S/c1-27-17-11-16(12-18(13-17)28-2)20(24)22-7-9-23(10-8-22)29(25,26)19-6-4-3-5-15(19)14-21/h3-6,11-13H,7-10H2,1-2H3. The Balaban J connectivity index is 1.75. The smallest absolute Gasteiger partial charge is 0.254 e. The number of nitrogens with zero attached hydrogens (tertiary/aromatic N) is 3. The molecule has 1 saturated heterocycles. The first kappa shape index (κ1) is 20.6. The lowest BCUT2D eigenvalue weighted by Crippen LogP contribution is -2.50. The number of rotatable bonds is 5. The molecule has 0 atom stereocenters. The number of amides is 1. The molecule has 3 rings (SSSR count). The second-order valence-corrected chi connectivity index (χ2v) is 8.31. The Labute approximate surface area is 169 Å². The number of hydrogen-bond donors (Lipinski definition) is 0. The fraction of sp³-hybridized carbons (Fsp3) is 0.300. The lowest BCUT2D eigenvalue weighted by Gasteiger charge is -2.34. The van der Waals surface area contributed by atoms with E-state index in [0.717, 1.165) is 0 Å². The maximum atomic E-state index is 12.9. The molecule has 0 aromatic heterocycles. The molecule has 152 valence electrons. The number of sulfonamides is 1. The fourth-order valence-corrected chi connectivity index (χ4v) is 4.73. The number of methoxy groups -OCH3 is 2. The van der Waals surface area contributed by atoms with Crippen LogP contribution in [0.3, 0.4) is 0 Å². The van der Waals surface area contributed by atoms with Gasteiger partial charge in [-0.15, -0.1) is 0 Å². The molecule has 1 aliphatic rings. The molecular weight excluding hydrogens is 394 g/mol. The van der Waals surface area contributed by atoms with E-state index in [1.165, 1.54) is 30.7 Å². The van der Waals surface area contributed by atoms with Gasteiger partial charge in [0, 0.05) is 37.8 Å². The van der Waals surface area contributed by atoms with Gasteiger partial charge in [0.15, 0.2) is 0 Å². The van der Waals surface area contributed by atoms with E-state index < -0.39 is 10.0 Å². The van der Waals surface area contributed by atoms with E-state index in [-0.39, 0.29) is 42.5 Å². The summed E-state index contributed by atoms with van der Waals surface area (Å²) in [6, 6.07) is 12.9. The number of nitriles is 1. The van der Waals surface area contributed by atoms with E-state index in [1.54, 1.807) is 35.2 Å². The highest BCUT2D eigenvalue weighted by atomic mass is 32.2. The van der Waals surface area contributed by atoms with E-state index >= 15 is 0 Å². The normalized spacial score (nSPS) is 14.9. The predicted octanol–water partition coefficient (Wildman–Crippen LogP) is 1.72. The van der Waals surface area contributed by atoms with E-state index in [2.05, 4.69) is 0 Å². The second-order valence-electron chi connectivity index (χ2n) is 6.41. The van der Waals surface area contributed by atoms with Gasteiger partial charge in [0.25, 0.3) is 5.91 Å². The Hall–Kier alpha value is -3.09. The summed E-state index contributed by atoms with van der Waals surface area (Å²) in [5.74, 6) is 0.778. The lowest BCUT2D eigenvalue weighted by molar-refractivity contribution is 0.0697. The average Bonchev–Trinajstić information content (AvgIpc) is 2.78. The molecule has 0 bridgehead atoms. The van der Waals surface area contributed by atoms with Crippen LogP contribution in [-0.4, -0.2) is 63.9 Å². The maximum Gasteiger partial charge on any atom is 0.254 e. The minimum atomic E-state index is -3.81. The minimum Gasteiger partial charge on any atom is -0.497 e. The number of carbonyl (C=O) groups excluding carboxylic acids is 1. The van der Waals surface area contributed by atoms with Crippen molar-refractivity contribution >= 4 is 15.9 Å². The van der Waals surface area contributed by atoms with Gasteiger partial charge in [0.05, 0.1) is 24.7 Å². The average molecular weight is 415 g/mol. The van der Waals surface area contributed by atoms with Crippen LogP contribution in [0, 0.1) is 11.3 Å². The van der Waals surface area contributed by atoms with Crippen LogP contribution in [0.2, 0.25) is 0 Å². The number of carbonyl (C=O) groups is 1. The molecule has 0 aliphatic carbocycles. The number of hydrogen-bond acceptors (Lipinski definition) is 6. The third-order valence-corrected chi connectivity index (χ3v) is 6.71. The molecule has 0 N–H and O–H groups in total. The summed E-state index contributed by atoms with van der Waals surface area (Å²) in [6.45, 7) is 0.780. The quantitative estimate of drug-likeness (QED) is 0.737. The van der Waals surface area contributed by atoms with E-state index in [0.29, 0.717) is 17.1 Å². The van der Waals surface area contributed by atoms with Gasteiger partial charge >= 0.3 is 0 Å². The first-order valence-electron chi connectivity index (χ1n) is 8.92.